The number of aryl methyl sites for hydroxylation is 3. The van der Waals surface area contributed by atoms with E-state index in [1.165, 1.54) is 0 Å². The summed E-state index contributed by atoms with van der Waals surface area (Å²) in [6, 6.07) is 27.7. The highest BCUT2D eigenvalue weighted by atomic mass is 31.1. The lowest BCUT2D eigenvalue weighted by Gasteiger charge is -2.19. The molecule has 0 N–H and O–H groups in total. The van der Waals surface area contributed by atoms with Crippen LogP contribution >= 0.6 is 8.46 Å². The van der Waals surface area contributed by atoms with Gasteiger partial charge in [0.25, 0.3) is 0 Å². The van der Waals surface area contributed by atoms with E-state index in [4.69, 9.17) is 0 Å². The van der Waals surface area contributed by atoms with Crippen molar-refractivity contribution < 1.29 is 9.36 Å². The molecule has 0 unspecified atom stereocenters. The molecule has 2 nitrogen and oxygen atoms in total. The largest absolute Gasteiger partial charge is 0.289 e. The SMILES string of the molecule is Cc1cc(C)c(C(=O)c2c(P=O)ccc(-c3ccccc3)c2-c2ccccc2)c(C)c1. The van der Waals surface area contributed by atoms with Gasteiger partial charge >= 0.3 is 0 Å². The van der Waals surface area contributed by atoms with Crippen LogP contribution in [0.5, 0.6) is 0 Å². The molecule has 31 heavy (non-hydrogen) atoms. The van der Waals surface area contributed by atoms with Gasteiger partial charge in [0.15, 0.2) is 14.2 Å². The van der Waals surface area contributed by atoms with Crippen molar-refractivity contribution >= 4 is 19.5 Å². The van der Waals surface area contributed by atoms with Crippen molar-refractivity contribution in [2.45, 2.75) is 20.8 Å². The minimum atomic E-state index is -0.171. The van der Waals surface area contributed by atoms with Gasteiger partial charge in [0.2, 0.25) is 0 Å². The van der Waals surface area contributed by atoms with E-state index in [-0.39, 0.29) is 14.2 Å². The first-order chi connectivity index (χ1) is 15.0. The Morgan fingerprint density at radius 2 is 1.23 bits per heavy atom. The molecule has 0 amide bonds. The second-order valence-corrected chi connectivity index (χ2v) is 8.47. The molecule has 4 aromatic carbocycles. The fourth-order valence-corrected chi connectivity index (χ4v) is 4.76. The molecule has 4 aromatic rings. The summed E-state index contributed by atoms with van der Waals surface area (Å²) in [5.74, 6) is -0.0926. The van der Waals surface area contributed by atoms with E-state index in [1.54, 1.807) is 6.07 Å². The molecule has 0 spiro atoms. The third kappa shape index (κ3) is 4.00. The van der Waals surface area contributed by atoms with Crippen molar-refractivity contribution in [2.24, 2.45) is 0 Å². The highest BCUT2D eigenvalue weighted by molar-refractivity contribution is 7.34. The lowest BCUT2D eigenvalue weighted by atomic mass is 9.85. The molecule has 0 heterocycles. The molecular formula is C28H23O2P. The maximum absolute atomic E-state index is 14.0. The highest BCUT2D eigenvalue weighted by Gasteiger charge is 2.25. The van der Waals surface area contributed by atoms with Crippen LogP contribution in [0.25, 0.3) is 22.3 Å². The van der Waals surface area contributed by atoms with Gasteiger partial charge < -0.3 is 0 Å². The second kappa shape index (κ2) is 8.79. The van der Waals surface area contributed by atoms with Gasteiger partial charge in [0.05, 0.1) is 5.30 Å². The van der Waals surface area contributed by atoms with Crippen LogP contribution in [0.15, 0.2) is 84.9 Å². The molecule has 0 bridgehead atoms. The molecule has 0 atom stereocenters. The number of carbonyl (C=O) groups is 1. The first kappa shape index (κ1) is 20.9. The average molecular weight is 422 g/mol. The van der Waals surface area contributed by atoms with Gasteiger partial charge in [-0.1, -0.05) is 84.4 Å². The maximum Gasteiger partial charge on any atom is 0.195 e. The van der Waals surface area contributed by atoms with E-state index in [9.17, 15) is 9.36 Å². The van der Waals surface area contributed by atoms with Gasteiger partial charge in [0, 0.05) is 16.7 Å². The third-order valence-electron chi connectivity index (χ3n) is 5.56. The van der Waals surface area contributed by atoms with E-state index in [0.29, 0.717) is 16.4 Å². The van der Waals surface area contributed by atoms with Crippen molar-refractivity contribution in [3.8, 4) is 22.3 Å². The van der Waals surface area contributed by atoms with Gasteiger partial charge in [-0.2, -0.15) is 0 Å². The van der Waals surface area contributed by atoms with Crippen LogP contribution in [0.4, 0.5) is 0 Å². The molecule has 0 radical (unpaired) electrons. The highest BCUT2D eigenvalue weighted by Crippen LogP contribution is 2.37. The zero-order valence-corrected chi connectivity index (χ0v) is 18.7. The number of benzene rings is 4. The molecule has 0 saturated carbocycles. The van der Waals surface area contributed by atoms with Gasteiger partial charge in [-0.05, 0) is 54.7 Å². The molecule has 0 aromatic heterocycles. The molecule has 0 saturated heterocycles. The molecule has 4 rings (SSSR count). The van der Waals surface area contributed by atoms with Crippen LogP contribution in [0.2, 0.25) is 0 Å². The van der Waals surface area contributed by atoms with Gasteiger partial charge in [-0.15, -0.1) is 0 Å². The first-order valence-electron chi connectivity index (χ1n) is 10.2. The number of rotatable bonds is 5. The molecule has 3 heteroatoms. The zero-order valence-electron chi connectivity index (χ0n) is 17.8. The minimum absolute atomic E-state index is 0.0926. The van der Waals surface area contributed by atoms with Crippen molar-refractivity contribution in [1.82, 2.24) is 0 Å². The summed E-state index contributed by atoms with van der Waals surface area (Å²) in [6.07, 6.45) is 0. The smallest absolute Gasteiger partial charge is 0.195 e. The average Bonchev–Trinajstić information content (AvgIpc) is 2.78. The zero-order chi connectivity index (χ0) is 22.0. The molecule has 152 valence electrons. The predicted octanol–water partition coefficient (Wildman–Crippen LogP) is 7.09. The van der Waals surface area contributed by atoms with Gasteiger partial charge in [-0.3, -0.25) is 9.36 Å². The van der Waals surface area contributed by atoms with Crippen LogP contribution in [0.3, 0.4) is 0 Å². The van der Waals surface area contributed by atoms with Crippen molar-refractivity contribution in [2.75, 3.05) is 0 Å². The number of hydrogen-bond donors (Lipinski definition) is 0. The molecular weight excluding hydrogens is 399 g/mol. The van der Waals surface area contributed by atoms with Crippen LogP contribution in [-0.2, 0) is 4.57 Å². The Morgan fingerprint density at radius 3 is 1.77 bits per heavy atom. The summed E-state index contributed by atoms with van der Waals surface area (Å²) in [5.41, 5.74) is 7.87. The third-order valence-corrected chi connectivity index (χ3v) is 6.13. The number of carbonyl (C=O) groups excluding carboxylic acids is 1. The molecule has 0 aliphatic heterocycles. The van der Waals surface area contributed by atoms with Crippen LogP contribution in [0, 0.1) is 20.8 Å². The molecule has 0 fully saturated rings. The Kier molecular flexibility index (Phi) is 5.93. The normalized spacial score (nSPS) is 10.9. The number of hydrogen-bond acceptors (Lipinski definition) is 2. The molecule has 0 aliphatic carbocycles. The molecule has 0 aliphatic rings. The van der Waals surface area contributed by atoms with Gasteiger partial charge in [0.1, 0.15) is 0 Å². The topological polar surface area (TPSA) is 34.1 Å². The summed E-state index contributed by atoms with van der Waals surface area (Å²) < 4.78 is 12.2. The van der Waals surface area contributed by atoms with E-state index >= 15 is 0 Å². The van der Waals surface area contributed by atoms with Gasteiger partial charge in [-0.25, -0.2) is 0 Å². The predicted molar refractivity (Wildman–Crippen MR) is 129 cm³/mol. The van der Waals surface area contributed by atoms with E-state index < -0.39 is 0 Å². The fourth-order valence-electron chi connectivity index (χ4n) is 4.32. The second-order valence-electron chi connectivity index (χ2n) is 7.81. The Labute approximate surface area is 184 Å². The Morgan fingerprint density at radius 1 is 0.677 bits per heavy atom. The summed E-state index contributed by atoms with van der Waals surface area (Å²) in [5, 5.41) is 0.503. The maximum atomic E-state index is 14.0. The Hall–Kier alpha value is -3.35. The fraction of sp³-hybridized carbons (Fsp3) is 0.107. The van der Waals surface area contributed by atoms with Crippen LogP contribution in [-0.4, -0.2) is 5.78 Å². The van der Waals surface area contributed by atoms with Crippen molar-refractivity contribution in [1.29, 1.82) is 0 Å². The van der Waals surface area contributed by atoms with E-state index in [1.807, 2.05) is 99.6 Å². The van der Waals surface area contributed by atoms with E-state index in [0.717, 1.165) is 38.9 Å². The quantitative estimate of drug-likeness (QED) is 0.254. The lowest BCUT2D eigenvalue weighted by molar-refractivity contribution is 0.103. The first-order valence-corrected chi connectivity index (χ1v) is 11.1. The standard InChI is InChI=1S/C28H23O2P/c1-18-16-19(2)25(20(3)17-18)28(29)27-24(31-30)15-14-23(21-10-6-4-7-11-21)26(27)22-12-8-5-9-13-22/h4-17H,1-3H3. The summed E-state index contributed by atoms with van der Waals surface area (Å²) in [6.45, 7) is 5.96. The van der Waals surface area contributed by atoms with Crippen LogP contribution in [0.1, 0.15) is 32.6 Å². The van der Waals surface area contributed by atoms with E-state index in [2.05, 4.69) is 0 Å². The monoisotopic (exact) mass is 422 g/mol. The summed E-state index contributed by atoms with van der Waals surface area (Å²) >= 11 is 0. The summed E-state index contributed by atoms with van der Waals surface area (Å²) in [4.78, 5) is 14.0. The van der Waals surface area contributed by atoms with Crippen LogP contribution < -0.4 is 5.30 Å². The Balaban J connectivity index is 2.08. The summed E-state index contributed by atoms with van der Waals surface area (Å²) in [7, 11) is -0.171. The lowest BCUT2D eigenvalue weighted by Crippen LogP contribution is -2.17. The minimum Gasteiger partial charge on any atom is -0.289 e. The Bertz CT molecular complexity index is 1250. The number of ketones is 1. The van der Waals surface area contributed by atoms with Crippen molar-refractivity contribution in [3.05, 3.63) is 113 Å². The van der Waals surface area contributed by atoms with Crippen molar-refractivity contribution in [3.63, 3.8) is 0 Å².